The van der Waals surface area contributed by atoms with Gasteiger partial charge in [-0.2, -0.15) is 0 Å². The minimum atomic E-state index is -0.651. The molecule has 1 fully saturated rings. The predicted molar refractivity (Wildman–Crippen MR) is 105 cm³/mol. The van der Waals surface area contributed by atoms with Crippen molar-refractivity contribution in [2.24, 2.45) is 5.92 Å². The zero-order valence-corrected chi connectivity index (χ0v) is 16.1. The van der Waals surface area contributed by atoms with Crippen LogP contribution in [0.4, 0.5) is 5.82 Å². The third kappa shape index (κ3) is 2.65. The summed E-state index contributed by atoms with van der Waals surface area (Å²) in [5.74, 6) is 0.156. The van der Waals surface area contributed by atoms with Gasteiger partial charge in [0.15, 0.2) is 5.82 Å². The summed E-state index contributed by atoms with van der Waals surface area (Å²) >= 11 is 0. The van der Waals surface area contributed by atoms with Gasteiger partial charge < -0.3 is 10.1 Å². The SMILES string of the molecule is CC1=C(C)C(OC=C2C(=O)NC3c4ccccc4CC23)N(c2cnccn2)C1=O. The molecule has 7 nitrogen and oxygen atoms in total. The predicted octanol–water partition coefficient (Wildman–Crippen LogP) is 2.43. The molecule has 0 saturated carbocycles. The van der Waals surface area contributed by atoms with Gasteiger partial charge in [-0.05, 0) is 37.0 Å². The van der Waals surface area contributed by atoms with Crippen molar-refractivity contribution in [2.75, 3.05) is 4.90 Å². The van der Waals surface area contributed by atoms with Gasteiger partial charge in [-0.1, -0.05) is 24.3 Å². The van der Waals surface area contributed by atoms with Crippen LogP contribution in [-0.4, -0.2) is 28.0 Å². The lowest BCUT2D eigenvalue weighted by atomic mass is 9.97. The maximum Gasteiger partial charge on any atom is 0.258 e. The topological polar surface area (TPSA) is 84.4 Å². The number of nitrogens with zero attached hydrogens (tertiary/aromatic N) is 3. The number of hydrogen-bond donors (Lipinski definition) is 1. The molecule has 3 aliphatic rings. The highest BCUT2D eigenvalue weighted by molar-refractivity contribution is 6.08. The number of fused-ring (bicyclic) bond motifs is 3. The maximum absolute atomic E-state index is 12.7. The molecule has 29 heavy (non-hydrogen) atoms. The molecule has 7 heteroatoms. The second-order valence-corrected chi connectivity index (χ2v) is 7.57. The first-order valence-electron chi connectivity index (χ1n) is 9.57. The Bertz CT molecular complexity index is 1080. The minimum Gasteiger partial charge on any atom is -0.473 e. The van der Waals surface area contributed by atoms with E-state index in [0.717, 1.165) is 12.0 Å². The fraction of sp³-hybridized carbons (Fsp3) is 0.273. The quantitative estimate of drug-likeness (QED) is 0.645. The number of ether oxygens (including phenoxy) is 1. The second kappa shape index (κ2) is 6.55. The van der Waals surface area contributed by atoms with Gasteiger partial charge in [0.25, 0.3) is 11.8 Å². The van der Waals surface area contributed by atoms with Crippen molar-refractivity contribution in [2.45, 2.75) is 32.5 Å². The molecule has 2 aromatic rings. The molecule has 2 amide bonds. The van der Waals surface area contributed by atoms with Crippen LogP contribution in [0, 0.1) is 5.92 Å². The van der Waals surface area contributed by atoms with Crippen LogP contribution in [0.25, 0.3) is 0 Å². The standard InChI is InChI=1S/C22H20N4O3/c1-12-13(2)22(26(21(12)28)18-10-23-7-8-24-18)29-11-17-16-9-14-5-3-4-6-15(14)19(16)25-20(17)27/h3-8,10-11,16,19,22H,9H2,1-2H3,(H,25,27). The molecule has 2 aliphatic heterocycles. The van der Waals surface area contributed by atoms with E-state index in [1.807, 2.05) is 19.1 Å². The number of carbonyl (C=O) groups excluding carboxylic acids is 2. The van der Waals surface area contributed by atoms with E-state index < -0.39 is 6.23 Å². The van der Waals surface area contributed by atoms with E-state index in [4.69, 9.17) is 4.74 Å². The van der Waals surface area contributed by atoms with Crippen LogP contribution in [0.15, 0.2) is 65.8 Å². The summed E-state index contributed by atoms with van der Waals surface area (Å²) in [6, 6.07) is 8.15. The number of benzene rings is 1. The largest absolute Gasteiger partial charge is 0.473 e. The highest BCUT2D eigenvalue weighted by Crippen LogP contribution is 2.44. The lowest BCUT2D eigenvalue weighted by molar-refractivity contribution is -0.116. The summed E-state index contributed by atoms with van der Waals surface area (Å²) in [4.78, 5) is 35.1. The van der Waals surface area contributed by atoms with Gasteiger partial charge in [0, 0.05) is 23.9 Å². The Morgan fingerprint density at radius 2 is 2.03 bits per heavy atom. The Morgan fingerprint density at radius 1 is 1.21 bits per heavy atom. The average molecular weight is 388 g/mol. The van der Waals surface area contributed by atoms with Crippen LogP contribution >= 0.6 is 0 Å². The summed E-state index contributed by atoms with van der Waals surface area (Å²) in [7, 11) is 0. The van der Waals surface area contributed by atoms with Gasteiger partial charge in [-0.25, -0.2) is 4.98 Å². The van der Waals surface area contributed by atoms with Crippen molar-refractivity contribution >= 4 is 17.6 Å². The molecular weight excluding hydrogens is 368 g/mol. The second-order valence-electron chi connectivity index (χ2n) is 7.57. The van der Waals surface area contributed by atoms with Gasteiger partial charge in [-0.15, -0.1) is 0 Å². The van der Waals surface area contributed by atoms with Crippen LogP contribution in [0.5, 0.6) is 0 Å². The highest BCUT2D eigenvalue weighted by Gasteiger charge is 2.44. The molecule has 0 spiro atoms. The van der Waals surface area contributed by atoms with Crippen molar-refractivity contribution in [3.8, 4) is 0 Å². The van der Waals surface area contributed by atoms with Crippen molar-refractivity contribution < 1.29 is 14.3 Å². The molecule has 3 unspecified atom stereocenters. The lowest BCUT2D eigenvalue weighted by Crippen LogP contribution is -2.37. The molecule has 3 atom stereocenters. The number of rotatable bonds is 3. The average Bonchev–Trinajstić information content (AvgIpc) is 3.31. The number of amides is 2. The van der Waals surface area contributed by atoms with Crippen LogP contribution < -0.4 is 10.2 Å². The summed E-state index contributed by atoms with van der Waals surface area (Å²) in [6.07, 6.45) is 6.28. The summed E-state index contributed by atoms with van der Waals surface area (Å²) in [5, 5.41) is 3.07. The van der Waals surface area contributed by atoms with Gasteiger partial charge >= 0.3 is 0 Å². The third-order valence-corrected chi connectivity index (χ3v) is 6.04. The molecule has 146 valence electrons. The Hall–Kier alpha value is -3.48. The number of nitrogens with one attached hydrogen (secondary N) is 1. The Kier molecular flexibility index (Phi) is 3.97. The van der Waals surface area contributed by atoms with Crippen LogP contribution in [0.2, 0.25) is 0 Å². The summed E-state index contributed by atoms with van der Waals surface area (Å²) in [6.45, 7) is 3.62. The molecule has 1 N–H and O–H groups in total. The highest BCUT2D eigenvalue weighted by atomic mass is 16.5. The molecule has 0 bridgehead atoms. The van der Waals surface area contributed by atoms with E-state index in [2.05, 4.69) is 27.4 Å². The molecule has 5 rings (SSSR count). The maximum atomic E-state index is 12.7. The van der Waals surface area contributed by atoms with E-state index in [1.165, 1.54) is 34.7 Å². The number of hydrogen-bond acceptors (Lipinski definition) is 5. The molecule has 3 heterocycles. The van der Waals surface area contributed by atoms with Crippen LogP contribution in [0.3, 0.4) is 0 Å². The van der Waals surface area contributed by atoms with Gasteiger partial charge in [0.05, 0.1) is 24.1 Å². The monoisotopic (exact) mass is 388 g/mol. The third-order valence-electron chi connectivity index (χ3n) is 6.04. The van der Waals surface area contributed by atoms with E-state index in [-0.39, 0.29) is 23.8 Å². The Balaban J connectivity index is 1.44. The van der Waals surface area contributed by atoms with Gasteiger partial charge in [0.1, 0.15) is 0 Å². The normalized spacial score (nSPS) is 26.8. The minimum absolute atomic E-state index is 0.0202. The summed E-state index contributed by atoms with van der Waals surface area (Å²) < 4.78 is 6.04. The molecule has 0 radical (unpaired) electrons. The van der Waals surface area contributed by atoms with Crippen molar-refractivity contribution in [1.82, 2.24) is 15.3 Å². The first-order valence-corrected chi connectivity index (χ1v) is 9.57. The van der Waals surface area contributed by atoms with Crippen LogP contribution in [0.1, 0.15) is 31.0 Å². The molecule has 1 saturated heterocycles. The Morgan fingerprint density at radius 3 is 2.83 bits per heavy atom. The fourth-order valence-electron chi connectivity index (χ4n) is 4.37. The van der Waals surface area contributed by atoms with E-state index in [1.54, 1.807) is 13.1 Å². The molecule has 1 aromatic carbocycles. The molecule has 1 aliphatic carbocycles. The van der Waals surface area contributed by atoms with Crippen LogP contribution in [-0.2, 0) is 20.7 Å². The van der Waals surface area contributed by atoms with E-state index >= 15 is 0 Å². The lowest BCUT2D eigenvalue weighted by Gasteiger charge is -2.24. The van der Waals surface area contributed by atoms with E-state index in [9.17, 15) is 9.59 Å². The molecular formula is C22H20N4O3. The fourth-order valence-corrected chi connectivity index (χ4v) is 4.37. The first kappa shape index (κ1) is 17.6. The van der Waals surface area contributed by atoms with Crippen molar-refractivity contribution in [3.63, 3.8) is 0 Å². The van der Waals surface area contributed by atoms with Gasteiger partial charge in [-0.3, -0.25) is 19.5 Å². The summed E-state index contributed by atoms with van der Waals surface area (Å²) in [5.41, 5.74) is 4.43. The number of aromatic nitrogens is 2. The first-order chi connectivity index (χ1) is 14.1. The zero-order chi connectivity index (χ0) is 20.1. The van der Waals surface area contributed by atoms with E-state index in [0.29, 0.717) is 17.0 Å². The number of anilines is 1. The number of carbonyl (C=O) groups is 2. The smallest absolute Gasteiger partial charge is 0.258 e. The van der Waals surface area contributed by atoms with Crippen molar-refractivity contribution in [3.05, 3.63) is 77.0 Å². The van der Waals surface area contributed by atoms with Gasteiger partial charge in [0.2, 0.25) is 6.23 Å². The Labute approximate surface area is 168 Å². The van der Waals surface area contributed by atoms with Crippen molar-refractivity contribution in [1.29, 1.82) is 0 Å². The zero-order valence-electron chi connectivity index (χ0n) is 16.1. The molecule has 1 aromatic heterocycles.